The molecule has 19 heavy (non-hydrogen) atoms. The van der Waals surface area contributed by atoms with E-state index in [1.54, 1.807) is 0 Å². The molecule has 0 aliphatic carbocycles. The molecular weight excluding hydrogens is 326 g/mol. The van der Waals surface area contributed by atoms with Crippen LogP contribution in [-0.2, 0) is 0 Å². The Kier molecular flexibility index (Phi) is 3.40. The van der Waals surface area contributed by atoms with Crippen molar-refractivity contribution in [3.63, 3.8) is 0 Å². The van der Waals surface area contributed by atoms with Crippen molar-refractivity contribution in [1.82, 2.24) is 4.98 Å². The zero-order valence-corrected chi connectivity index (χ0v) is 12.1. The third-order valence-electron chi connectivity index (χ3n) is 2.66. The number of nitrogens with zero attached hydrogens (tertiary/aromatic N) is 1. The lowest BCUT2D eigenvalue weighted by molar-refractivity contribution is 0.588. The van der Waals surface area contributed by atoms with Crippen LogP contribution >= 0.6 is 27.5 Å². The second-order valence-electron chi connectivity index (χ2n) is 4.03. The van der Waals surface area contributed by atoms with Crippen LogP contribution in [0.3, 0.4) is 0 Å². The van der Waals surface area contributed by atoms with E-state index in [2.05, 4.69) is 20.9 Å². The molecule has 0 unspecified atom stereocenters. The Morgan fingerprint density at radius 2 is 1.84 bits per heavy atom. The first kappa shape index (κ1) is 12.5. The van der Waals surface area contributed by atoms with E-state index in [0.29, 0.717) is 10.9 Å². The van der Waals surface area contributed by atoms with Crippen LogP contribution in [0.15, 0.2) is 57.4 Å². The van der Waals surface area contributed by atoms with Crippen LogP contribution in [0.4, 0.5) is 0 Å². The predicted molar refractivity (Wildman–Crippen MR) is 81.9 cm³/mol. The van der Waals surface area contributed by atoms with Crippen LogP contribution in [0.5, 0.6) is 0 Å². The molecule has 0 spiro atoms. The third-order valence-corrected chi connectivity index (χ3v) is 3.46. The summed E-state index contributed by atoms with van der Waals surface area (Å²) in [6.07, 6.45) is 1.83. The number of oxazole rings is 1. The zero-order chi connectivity index (χ0) is 13.2. The standard InChI is InChI=1S/C15H9BrClNO/c16-11-7-5-10(6-8-11)9-12(17)15-18-13-3-1-2-4-14(13)19-15/h1-9H/b12-9-. The maximum absolute atomic E-state index is 6.25. The van der Waals surface area contributed by atoms with Gasteiger partial charge in [0.25, 0.3) is 0 Å². The molecule has 3 aromatic rings. The van der Waals surface area contributed by atoms with E-state index in [9.17, 15) is 0 Å². The van der Waals surface area contributed by atoms with Gasteiger partial charge in [0.05, 0.1) is 0 Å². The summed E-state index contributed by atoms with van der Waals surface area (Å²) in [7, 11) is 0. The highest BCUT2D eigenvalue weighted by Gasteiger charge is 2.08. The molecule has 0 amide bonds. The average Bonchev–Trinajstić information content (AvgIpc) is 2.85. The number of benzene rings is 2. The minimum atomic E-state index is 0.436. The smallest absolute Gasteiger partial charge is 0.238 e. The Morgan fingerprint density at radius 1 is 1.11 bits per heavy atom. The van der Waals surface area contributed by atoms with Gasteiger partial charge in [-0.1, -0.05) is 51.8 Å². The Balaban J connectivity index is 1.98. The molecule has 0 saturated heterocycles. The largest absolute Gasteiger partial charge is 0.435 e. The predicted octanol–water partition coefficient (Wildman–Crippen LogP) is 5.33. The van der Waals surface area contributed by atoms with E-state index < -0.39 is 0 Å². The molecule has 0 aliphatic rings. The summed E-state index contributed by atoms with van der Waals surface area (Å²) in [6.45, 7) is 0. The van der Waals surface area contributed by atoms with Gasteiger partial charge in [-0.3, -0.25) is 0 Å². The van der Waals surface area contributed by atoms with Crippen LogP contribution < -0.4 is 0 Å². The summed E-state index contributed by atoms with van der Waals surface area (Å²) in [5, 5.41) is 0.485. The van der Waals surface area contributed by atoms with Gasteiger partial charge in [0.1, 0.15) is 10.5 Å². The van der Waals surface area contributed by atoms with Crippen LogP contribution in [0.1, 0.15) is 11.5 Å². The van der Waals surface area contributed by atoms with Gasteiger partial charge in [-0.15, -0.1) is 0 Å². The number of para-hydroxylation sites is 2. The number of hydrogen-bond donors (Lipinski definition) is 0. The number of hydrogen-bond acceptors (Lipinski definition) is 2. The Labute approximate surface area is 123 Å². The van der Waals surface area contributed by atoms with Crippen molar-refractivity contribution in [2.75, 3.05) is 0 Å². The highest BCUT2D eigenvalue weighted by molar-refractivity contribution is 9.10. The van der Waals surface area contributed by atoms with Gasteiger partial charge < -0.3 is 4.42 Å². The molecule has 3 rings (SSSR count). The van der Waals surface area contributed by atoms with Gasteiger partial charge in [-0.05, 0) is 35.9 Å². The van der Waals surface area contributed by atoms with Crippen molar-refractivity contribution in [2.45, 2.75) is 0 Å². The normalized spacial score (nSPS) is 12.0. The van der Waals surface area contributed by atoms with E-state index in [4.69, 9.17) is 16.0 Å². The van der Waals surface area contributed by atoms with Crippen molar-refractivity contribution in [1.29, 1.82) is 0 Å². The topological polar surface area (TPSA) is 26.0 Å². The van der Waals surface area contributed by atoms with Gasteiger partial charge in [0, 0.05) is 4.47 Å². The Hall–Kier alpha value is -1.58. The van der Waals surface area contributed by atoms with E-state index in [1.807, 2.05) is 54.6 Å². The minimum Gasteiger partial charge on any atom is -0.435 e. The third kappa shape index (κ3) is 2.72. The van der Waals surface area contributed by atoms with Crippen LogP contribution in [0, 0.1) is 0 Å². The Morgan fingerprint density at radius 3 is 2.58 bits per heavy atom. The second kappa shape index (κ2) is 5.19. The molecule has 1 heterocycles. The monoisotopic (exact) mass is 333 g/mol. The fraction of sp³-hybridized carbons (Fsp3) is 0. The lowest BCUT2D eigenvalue weighted by atomic mass is 10.2. The minimum absolute atomic E-state index is 0.436. The van der Waals surface area contributed by atoms with E-state index in [1.165, 1.54) is 0 Å². The first-order valence-corrected chi connectivity index (χ1v) is 6.88. The van der Waals surface area contributed by atoms with Crippen LogP contribution in [-0.4, -0.2) is 4.98 Å². The first-order chi connectivity index (χ1) is 9.22. The van der Waals surface area contributed by atoms with Gasteiger partial charge >= 0.3 is 0 Å². The highest BCUT2D eigenvalue weighted by atomic mass is 79.9. The maximum atomic E-state index is 6.25. The molecule has 4 heteroatoms. The van der Waals surface area contributed by atoms with Crippen molar-refractivity contribution in [3.05, 3.63) is 64.5 Å². The maximum Gasteiger partial charge on any atom is 0.238 e. The van der Waals surface area contributed by atoms with Gasteiger partial charge in [-0.2, -0.15) is 0 Å². The number of rotatable bonds is 2. The first-order valence-electron chi connectivity index (χ1n) is 5.71. The number of fused-ring (bicyclic) bond motifs is 1. The molecular formula is C15H9BrClNO. The fourth-order valence-corrected chi connectivity index (χ4v) is 2.21. The van der Waals surface area contributed by atoms with Crippen molar-refractivity contribution >= 4 is 49.7 Å². The van der Waals surface area contributed by atoms with Crippen molar-refractivity contribution in [2.24, 2.45) is 0 Å². The average molecular weight is 335 g/mol. The summed E-state index contributed by atoms with van der Waals surface area (Å²) in [4.78, 5) is 4.35. The lowest BCUT2D eigenvalue weighted by Crippen LogP contribution is -1.77. The van der Waals surface area contributed by atoms with E-state index >= 15 is 0 Å². The molecule has 0 fully saturated rings. The molecule has 0 bridgehead atoms. The zero-order valence-electron chi connectivity index (χ0n) is 9.81. The summed E-state index contributed by atoms with van der Waals surface area (Å²) in [6, 6.07) is 15.4. The molecule has 0 aliphatic heterocycles. The van der Waals surface area contributed by atoms with Crippen molar-refractivity contribution in [3.8, 4) is 0 Å². The van der Waals surface area contributed by atoms with E-state index in [0.717, 1.165) is 21.1 Å². The molecule has 94 valence electrons. The summed E-state index contributed by atoms with van der Waals surface area (Å²) in [5.74, 6) is 0.436. The molecule has 2 nitrogen and oxygen atoms in total. The van der Waals surface area contributed by atoms with Crippen LogP contribution in [0.2, 0.25) is 0 Å². The molecule has 2 aromatic carbocycles. The molecule has 1 aromatic heterocycles. The molecule has 0 radical (unpaired) electrons. The van der Waals surface area contributed by atoms with E-state index in [-0.39, 0.29) is 0 Å². The second-order valence-corrected chi connectivity index (χ2v) is 5.35. The fourth-order valence-electron chi connectivity index (χ4n) is 1.74. The molecule has 0 saturated carbocycles. The molecule has 0 atom stereocenters. The SMILES string of the molecule is Cl/C(=C\c1ccc(Br)cc1)c1nc2ccccc2o1. The quantitative estimate of drug-likeness (QED) is 0.633. The van der Waals surface area contributed by atoms with Gasteiger partial charge in [-0.25, -0.2) is 4.98 Å². The van der Waals surface area contributed by atoms with Crippen molar-refractivity contribution < 1.29 is 4.42 Å². The highest BCUT2D eigenvalue weighted by Crippen LogP contribution is 2.25. The summed E-state index contributed by atoms with van der Waals surface area (Å²) in [5.41, 5.74) is 2.54. The lowest BCUT2D eigenvalue weighted by Gasteiger charge is -1.95. The van der Waals surface area contributed by atoms with Crippen LogP contribution in [0.25, 0.3) is 22.2 Å². The van der Waals surface area contributed by atoms with Gasteiger partial charge in [0.15, 0.2) is 5.58 Å². The number of halogens is 2. The van der Waals surface area contributed by atoms with Gasteiger partial charge in [0.2, 0.25) is 5.89 Å². The number of aromatic nitrogens is 1. The summed E-state index contributed by atoms with van der Waals surface area (Å²) < 4.78 is 6.64. The summed E-state index contributed by atoms with van der Waals surface area (Å²) >= 11 is 9.64. The Bertz CT molecular complexity index is 713. The molecule has 0 N–H and O–H groups in total.